The number of allylic oxidation sites excluding steroid dienone is 1. The number of phenolic OH excluding ortho intramolecular Hbond substituents is 1. The normalized spacial score (nSPS) is 15.2. The molecule has 2 N–H and O–H groups in total. The van der Waals surface area contributed by atoms with Gasteiger partial charge in [-0.3, -0.25) is 0 Å². The van der Waals surface area contributed by atoms with Crippen molar-refractivity contribution in [2.75, 3.05) is 0 Å². The summed E-state index contributed by atoms with van der Waals surface area (Å²) in [6, 6.07) is 11.8. The molecule has 3 rings (SSSR count). The van der Waals surface area contributed by atoms with Gasteiger partial charge in [-0.05, 0) is 72.1 Å². The van der Waals surface area contributed by atoms with Gasteiger partial charge in [-0.2, -0.15) is 0 Å². The van der Waals surface area contributed by atoms with Crippen LogP contribution in [0, 0.1) is 11.2 Å². The first kappa shape index (κ1) is 21.8. The van der Waals surface area contributed by atoms with E-state index in [9.17, 15) is 15.0 Å². The zero-order valence-corrected chi connectivity index (χ0v) is 17.8. The SMILES string of the molecule is CC(C)(C)C(=Cc1ccc(C(=C2CCCCC2)c2ccc(O)cc2)c(F)c1)C(=O)O. The zero-order chi connectivity index (χ0) is 21.9. The van der Waals surface area contributed by atoms with Crippen LogP contribution in [-0.2, 0) is 4.79 Å². The average molecular weight is 409 g/mol. The van der Waals surface area contributed by atoms with Crippen LogP contribution in [-0.4, -0.2) is 16.2 Å². The minimum absolute atomic E-state index is 0.177. The quantitative estimate of drug-likeness (QED) is 0.546. The van der Waals surface area contributed by atoms with E-state index in [1.54, 1.807) is 30.3 Å². The fourth-order valence-electron chi connectivity index (χ4n) is 4.00. The monoisotopic (exact) mass is 408 g/mol. The smallest absolute Gasteiger partial charge is 0.332 e. The topological polar surface area (TPSA) is 57.5 Å². The summed E-state index contributed by atoms with van der Waals surface area (Å²) < 4.78 is 15.3. The van der Waals surface area contributed by atoms with E-state index in [0.717, 1.165) is 36.8 Å². The van der Waals surface area contributed by atoms with E-state index in [1.807, 2.05) is 32.9 Å². The Morgan fingerprint density at radius 3 is 2.17 bits per heavy atom. The maximum Gasteiger partial charge on any atom is 0.332 e. The number of carboxylic acids is 1. The van der Waals surface area contributed by atoms with Gasteiger partial charge >= 0.3 is 5.97 Å². The van der Waals surface area contributed by atoms with E-state index in [4.69, 9.17) is 0 Å². The minimum atomic E-state index is -0.999. The first-order valence-electron chi connectivity index (χ1n) is 10.4. The van der Waals surface area contributed by atoms with Crippen molar-refractivity contribution in [3.8, 4) is 5.75 Å². The molecule has 0 atom stereocenters. The average Bonchev–Trinajstić information content (AvgIpc) is 2.69. The lowest BCUT2D eigenvalue weighted by molar-refractivity contribution is -0.133. The first-order valence-corrected chi connectivity index (χ1v) is 10.4. The van der Waals surface area contributed by atoms with Gasteiger partial charge in [0.1, 0.15) is 11.6 Å². The number of aromatic hydroxyl groups is 1. The van der Waals surface area contributed by atoms with Gasteiger partial charge in [-0.25, -0.2) is 9.18 Å². The summed E-state index contributed by atoms with van der Waals surface area (Å²) in [5.74, 6) is -1.19. The molecule has 1 fully saturated rings. The fourth-order valence-corrected chi connectivity index (χ4v) is 4.00. The first-order chi connectivity index (χ1) is 14.2. The molecule has 2 aromatic carbocycles. The largest absolute Gasteiger partial charge is 0.508 e. The molecule has 0 amide bonds. The molecule has 0 unspecified atom stereocenters. The van der Waals surface area contributed by atoms with E-state index in [0.29, 0.717) is 11.1 Å². The van der Waals surface area contributed by atoms with Gasteiger partial charge in [0.25, 0.3) is 0 Å². The second-order valence-corrected chi connectivity index (χ2v) is 8.94. The summed E-state index contributed by atoms with van der Waals surface area (Å²) in [5, 5.41) is 19.2. The molecule has 0 saturated heterocycles. The molecule has 2 aromatic rings. The number of aliphatic carboxylic acids is 1. The molecule has 0 bridgehead atoms. The fraction of sp³-hybridized carbons (Fsp3) is 0.346. The highest BCUT2D eigenvalue weighted by atomic mass is 19.1. The van der Waals surface area contributed by atoms with Gasteiger partial charge in [0.15, 0.2) is 0 Å². The van der Waals surface area contributed by atoms with Crippen LogP contribution in [0.1, 0.15) is 69.6 Å². The molecule has 0 aromatic heterocycles. The van der Waals surface area contributed by atoms with Crippen molar-refractivity contribution >= 4 is 17.6 Å². The van der Waals surface area contributed by atoms with Gasteiger partial charge < -0.3 is 10.2 Å². The van der Waals surface area contributed by atoms with Crippen molar-refractivity contribution in [1.82, 2.24) is 0 Å². The van der Waals surface area contributed by atoms with Gasteiger partial charge in [0.05, 0.1) is 0 Å². The third-order valence-electron chi connectivity index (χ3n) is 5.58. The Balaban J connectivity index is 2.10. The Morgan fingerprint density at radius 2 is 1.63 bits per heavy atom. The zero-order valence-electron chi connectivity index (χ0n) is 17.8. The summed E-state index contributed by atoms with van der Waals surface area (Å²) in [7, 11) is 0. The van der Waals surface area contributed by atoms with Gasteiger partial charge in [0.2, 0.25) is 0 Å². The van der Waals surface area contributed by atoms with E-state index in [2.05, 4.69) is 0 Å². The standard InChI is InChI=1S/C26H29FO3/c1-26(2,3)22(25(29)30)15-17-9-14-21(23(27)16-17)24(18-7-5-4-6-8-18)19-10-12-20(28)13-11-19/h9-16,28H,4-8H2,1-3H3,(H,29,30). The van der Waals surface area contributed by atoms with Crippen molar-refractivity contribution in [3.63, 3.8) is 0 Å². The second kappa shape index (κ2) is 8.86. The third kappa shape index (κ3) is 4.99. The molecule has 1 aliphatic carbocycles. The lowest BCUT2D eigenvalue weighted by Crippen LogP contribution is -2.17. The predicted octanol–water partition coefficient (Wildman–Crippen LogP) is 6.81. The molecular weight excluding hydrogens is 379 g/mol. The number of hydrogen-bond acceptors (Lipinski definition) is 2. The Labute approximate surface area is 177 Å². The molecule has 0 radical (unpaired) electrons. The number of carboxylic acid groups (broad SMARTS) is 1. The number of halogens is 1. The molecule has 1 aliphatic rings. The molecular formula is C26H29FO3. The van der Waals surface area contributed by atoms with Crippen LogP contribution < -0.4 is 0 Å². The van der Waals surface area contributed by atoms with Crippen LogP contribution in [0.5, 0.6) is 5.75 Å². The molecule has 30 heavy (non-hydrogen) atoms. The number of rotatable bonds is 4. The van der Waals surface area contributed by atoms with Crippen molar-refractivity contribution in [2.24, 2.45) is 5.41 Å². The van der Waals surface area contributed by atoms with Crippen molar-refractivity contribution in [3.05, 3.63) is 76.1 Å². The van der Waals surface area contributed by atoms with Gasteiger partial charge in [-0.15, -0.1) is 0 Å². The summed E-state index contributed by atoms with van der Waals surface area (Å²) in [6.07, 6.45) is 6.78. The lowest BCUT2D eigenvalue weighted by atomic mass is 9.83. The molecule has 0 heterocycles. The summed E-state index contributed by atoms with van der Waals surface area (Å²) in [4.78, 5) is 11.6. The maximum atomic E-state index is 15.3. The van der Waals surface area contributed by atoms with Crippen LogP contribution in [0.2, 0.25) is 0 Å². The Bertz CT molecular complexity index is 984. The van der Waals surface area contributed by atoms with E-state index in [1.165, 1.54) is 18.1 Å². The molecule has 158 valence electrons. The van der Waals surface area contributed by atoms with Crippen LogP contribution >= 0.6 is 0 Å². The highest BCUT2D eigenvalue weighted by molar-refractivity contribution is 5.93. The van der Waals surface area contributed by atoms with Crippen LogP contribution in [0.3, 0.4) is 0 Å². The van der Waals surface area contributed by atoms with Crippen molar-refractivity contribution in [1.29, 1.82) is 0 Å². The van der Waals surface area contributed by atoms with Crippen LogP contribution in [0.4, 0.5) is 4.39 Å². The highest BCUT2D eigenvalue weighted by Crippen LogP contribution is 2.37. The molecule has 1 saturated carbocycles. The Morgan fingerprint density at radius 1 is 1.00 bits per heavy atom. The number of carbonyl (C=O) groups is 1. The van der Waals surface area contributed by atoms with E-state index >= 15 is 4.39 Å². The molecule has 3 nitrogen and oxygen atoms in total. The Kier molecular flexibility index (Phi) is 6.45. The molecule has 4 heteroatoms. The van der Waals surface area contributed by atoms with Gasteiger partial charge in [0, 0.05) is 11.1 Å². The van der Waals surface area contributed by atoms with Crippen LogP contribution in [0.15, 0.2) is 53.6 Å². The predicted molar refractivity (Wildman–Crippen MR) is 119 cm³/mol. The summed E-state index contributed by atoms with van der Waals surface area (Å²) in [5.41, 5.74) is 3.73. The van der Waals surface area contributed by atoms with Crippen LogP contribution in [0.25, 0.3) is 11.6 Å². The lowest BCUT2D eigenvalue weighted by Gasteiger charge is -2.21. The van der Waals surface area contributed by atoms with Crippen molar-refractivity contribution in [2.45, 2.75) is 52.9 Å². The third-order valence-corrected chi connectivity index (χ3v) is 5.58. The Hall–Kier alpha value is -2.88. The van der Waals surface area contributed by atoms with Gasteiger partial charge in [-0.1, -0.05) is 57.0 Å². The summed E-state index contributed by atoms with van der Waals surface area (Å²) in [6.45, 7) is 5.48. The minimum Gasteiger partial charge on any atom is -0.508 e. The maximum absolute atomic E-state index is 15.3. The molecule has 0 spiro atoms. The summed E-state index contributed by atoms with van der Waals surface area (Å²) >= 11 is 0. The molecule has 0 aliphatic heterocycles. The number of phenols is 1. The highest BCUT2D eigenvalue weighted by Gasteiger charge is 2.24. The van der Waals surface area contributed by atoms with E-state index in [-0.39, 0.29) is 17.1 Å². The number of hydrogen-bond donors (Lipinski definition) is 2. The second-order valence-electron chi connectivity index (χ2n) is 8.94. The van der Waals surface area contributed by atoms with E-state index < -0.39 is 11.4 Å². The number of benzene rings is 2. The van der Waals surface area contributed by atoms with Crippen molar-refractivity contribution < 1.29 is 19.4 Å².